The molecule has 0 spiro atoms. The van der Waals surface area contributed by atoms with Gasteiger partial charge in [-0.2, -0.15) is 13.2 Å². The number of rotatable bonds is 4. The summed E-state index contributed by atoms with van der Waals surface area (Å²) in [5, 5.41) is 4.28. The van der Waals surface area contributed by atoms with E-state index in [2.05, 4.69) is 15.2 Å². The fourth-order valence-corrected chi connectivity index (χ4v) is 3.23. The third-order valence-corrected chi connectivity index (χ3v) is 4.28. The summed E-state index contributed by atoms with van der Waals surface area (Å²) >= 11 is 0. The average molecular weight is 311 g/mol. The number of benzene rings is 1. The highest BCUT2D eigenvalue weighted by Crippen LogP contribution is 2.34. The summed E-state index contributed by atoms with van der Waals surface area (Å²) in [5.41, 5.74) is 1.97. The Hall–Kier alpha value is -1.53. The second kappa shape index (κ2) is 6.30. The minimum Gasteiger partial charge on any atom is -0.361 e. The van der Waals surface area contributed by atoms with Crippen molar-refractivity contribution in [2.24, 2.45) is 0 Å². The normalized spacial score (nSPS) is 18.7. The number of fused-ring (bicyclic) bond motifs is 1. The third-order valence-electron chi connectivity index (χ3n) is 4.28. The van der Waals surface area contributed by atoms with E-state index in [1.807, 2.05) is 30.5 Å². The van der Waals surface area contributed by atoms with Gasteiger partial charge in [-0.05, 0) is 24.1 Å². The summed E-state index contributed by atoms with van der Waals surface area (Å²) < 4.78 is 38.1. The highest BCUT2D eigenvalue weighted by molar-refractivity contribution is 5.83. The van der Waals surface area contributed by atoms with Crippen molar-refractivity contribution in [3.63, 3.8) is 0 Å². The Kier molecular flexibility index (Phi) is 4.40. The molecule has 1 aliphatic rings. The van der Waals surface area contributed by atoms with Gasteiger partial charge in [0.1, 0.15) is 0 Å². The molecule has 22 heavy (non-hydrogen) atoms. The topological polar surface area (TPSA) is 31.1 Å². The van der Waals surface area contributed by atoms with E-state index in [-0.39, 0.29) is 12.5 Å². The van der Waals surface area contributed by atoms with E-state index in [1.165, 1.54) is 0 Å². The van der Waals surface area contributed by atoms with Crippen LogP contribution in [0.5, 0.6) is 0 Å². The molecule has 2 aromatic rings. The molecule has 3 nitrogen and oxygen atoms in total. The van der Waals surface area contributed by atoms with Gasteiger partial charge in [-0.25, -0.2) is 0 Å². The summed E-state index contributed by atoms with van der Waals surface area (Å²) in [5.74, 6) is 0. The number of nitrogens with one attached hydrogen (secondary N) is 2. The Bertz CT molecular complexity index is 614. The fourth-order valence-electron chi connectivity index (χ4n) is 3.23. The van der Waals surface area contributed by atoms with Gasteiger partial charge in [0.25, 0.3) is 0 Å². The molecule has 0 saturated carbocycles. The lowest BCUT2D eigenvalue weighted by atomic mass is 9.96. The van der Waals surface area contributed by atoms with E-state index in [1.54, 1.807) is 0 Å². The summed E-state index contributed by atoms with van der Waals surface area (Å²) in [6.07, 6.45) is -2.92. The van der Waals surface area contributed by atoms with Crippen LogP contribution in [0.4, 0.5) is 13.2 Å². The number of alkyl halides is 3. The number of hydrogen-bond donors (Lipinski definition) is 2. The highest BCUT2D eigenvalue weighted by Gasteiger charge is 2.31. The first-order chi connectivity index (χ1) is 10.5. The van der Waals surface area contributed by atoms with Gasteiger partial charge in [-0.15, -0.1) is 0 Å². The predicted octanol–water partition coefficient (Wildman–Crippen LogP) is 3.46. The van der Waals surface area contributed by atoms with Crippen LogP contribution in [0.25, 0.3) is 10.9 Å². The molecule has 0 unspecified atom stereocenters. The SMILES string of the molecule is FC(F)(F)CC[C@@H](c1cccc2[nH]ccc12)N1CCNCC1. The number of aromatic amines is 1. The van der Waals surface area contributed by atoms with Crippen molar-refractivity contribution in [3.05, 3.63) is 36.0 Å². The molecule has 1 aliphatic heterocycles. The highest BCUT2D eigenvalue weighted by atomic mass is 19.4. The zero-order valence-corrected chi connectivity index (χ0v) is 12.3. The maximum atomic E-state index is 12.7. The van der Waals surface area contributed by atoms with Crippen LogP contribution in [0.2, 0.25) is 0 Å². The molecule has 0 bridgehead atoms. The van der Waals surface area contributed by atoms with Gasteiger partial charge in [0.05, 0.1) is 0 Å². The van der Waals surface area contributed by atoms with Crippen molar-refractivity contribution in [3.8, 4) is 0 Å². The number of nitrogens with zero attached hydrogens (tertiary/aromatic N) is 1. The van der Waals surface area contributed by atoms with E-state index in [0.717, 1.165) is 42.6 Å². The third kappa shape index (κ3) is 3.44. The smallest absolute Gasteiger partial charge is 0.361 e. The second-order valence-electron chi connectivity index (χ2n) is 5.74. The molecule has 1 aromatic carbocycles. The molecule has 120 valence electrons. The van der Waals surface area contributed by atoms with Gasteiger partial charge in [0, 0.05) is 55.7 Å². The summed E-state index contributed by atoms with van der Waals surface area (Å²) in [7, 11) is 0. The minimum atomic E-state index is -4.11. The van der Waals surface area contributed by atoms with Gasteiger partial charge in [-0.3, -0.25) is 4.90 Å². The molecular weight excluding hydrogens is 291 g/mol. The van der Waals surface area contributed by atoms with Gasteiger partial charge in [0.2, 0.25) is 0 Å². The Morgan fingerprint density at radius 3 is 2.64 bits per heavy atom. The van der Waals surface area contributed by atoms with Crippen LogP contribution in [0.3, 0.4) is 0 Å². The first-order valence-corrected chi connectivity index (χ1v) is 7.62. The van der Waals surface area contributed by atoms with Crippen molar-refractivity contribution in [1.29, 1.82) is 0 Å². The van der Waals surface area contributed by atoms with E-state index >= 15 is 0 Å². The number of halogens is 3. The van der Waals surface area contributed by atoms with Crippen LogP contribution in [-0.4, -0.2) is 42.2 Å². The van der Waals surface area contributed by atoms with Crippen molar-refractivity contribution in [1.82, 2.24) is 15.2 Å². The van der Waals surface area contributed by atoms with E-state index in [9.17, 15) is 13.2 Å². The molecule has 2 N–H and O–H groups in total. The Labute approximate surface area is 127 Å². The number of aromatic nitrogens is 1. The van der Waals surface area contributed by atoms with Crippen molar-refractivity contribution in [2.45, 2.75) is 25.1 Å². The maximum absolute atomic E-state index is 12.7. The Morgan fingerprint density at radius 1 is 1.14 bits per heavy atom. The lowest BCUT2D eigenvalue weighted by Crippen LogP contribution is -2.45. The lowest BCUT2D eigenvalue weighted by molar-refractivity contribution is -0.138. The van der Waals surface area contributed by atoms with Crippen molar-refractivity contribution in [2.75, 3.05) is 26.2 Å². The monoisotopic (exact) mass is 311 g/mol. The minimum absolute atomic E-state index is 0.105. The Morgan fingerprint density at radius 2 is 1.91 bits per heavy atom. The maximum Gasteiger partial charge on any atom is 0.389 e. The van der Waals surface area contributed by atoms with Crippen LogP contribution in [-0.2, 0) is 0 Å². The van der Waals surface area contributed by atoms with E-state index in [0.29, 0.717) is 0 Å². The molecule has 3 rings (SSSR count). The molecule has 0 aliphatic carbocycles. The van der Waals surface area contributed by atoms with Crippen molar-refractivity contribution < 1.29 is 13.2 Å². The van der Waals surface area contributed by atoms with Crippen LogP contribution in [0.15, 0.2) is 30.5 Å². The molecule has 0 amide bonds. The fraction of sp³-hybridized carbons (Fsp3) is 0.500. The second-order valence-corrected chi connectivity index (χ2v) is 5.74. The van der Waals surface area contributed by atoms with Crippen LogP contribution in [0, 0.1) is 0 Å². The Balaban J connectivity index is 1.91. The molecule has 1 atom stereocenters. The molecule has 6 heteroatoms. The first kappa shape index (κ1) is 15.4. The molecule has 0 radical (unpaired) electrons. The molecule has 1 fully saturated rings. The molecule has 1 saturated heterocycles. The molecule has 2 heterocycles. The average Bonchev–Trinajstić information content (AvgIpc) is 2.96. The predicted molar refractivity (Wildman–Crippen MR) is 80.8 cm³/mol. The van der Waals surface area contributed by atoms with Crippen LogP contribution in [0.1, 0.15) is 24.4 Å². The van der Waals surface area contributed by atoms with Crippen molar-refractivity contribution >= 4 is 10.9 Å². The van der Waals surface area contributed by atoms with Crippen LogP contribution >= 0.6 is 0 Å². The zero-order valence-electron chi connectivity index (χ0n) is 12.3. The quantitative estimate of drug-likeness (QED) is 0.906. The summed E-state index contributed by atoms with van der Waals surface area (Å²) in [6.45, 7) is 3.21. The number of H-pyrrole nitrogens is 1. The number of hydrogen-bond acceptors (Lipinski definition) is 2. The van der Waals surface area contributed by atoms with Gasteiger partial charge in [-0.1, -0.05) is 12.1 Å². The van der Waals surface area contributed by atoms with Crippen LogP contribution < -0.4 is 5.32 Å². The first-order valence-electron chi connectivity index (χ1n) is 7.62. The summed E-state index contributed by atoms with van der Waals surface area (Å²) in [6, 6.07) is 7.59. The standard InChI is InChI=1S/C16H20F3N3/c17-16(18,19)6-4-15(22-10-8-20-9-11-22)13-2-1-3-14-12(13)5-7-21-14/h1-3,5,7,15,20-21H,4,6,8-11H2/t15-/m0/s1. The molecular formula is C16H20F3N3. The molecule has 1 aromatic heterocycles. The van der Waals surface area contributed by atoms with E-state index in [4.69, 9.17) is 0 Å². The van der Waals surface area contributed by atoms with E-state index < -0.39 is 12.6 Å². The lowest BCUT2D eigenvalue weighted by Gasteiger charge is -2.35. The van der Waals surface area contributed by atoms with Gasteiger partial charge in [0.15, 0.2) is 0 Å². The largest absolute Gasteiger partial charge is 0.389 e. The summed E-state index contributed by atoms with van der Waals surface area (Å²) in [4.78, 5) is 5.31. The number of piperazine rings is 1. The zero-order chi connectivity index (χ0) is 15.6. The van der Waals surface area contributed by atoms with Gasteiger partial charge < -0.3 is 10.3 Å². The van der Waals surface area contributed by atoms with Gasteiger partial charge >= 0.3 is 6.18 Å².